The van der Waals surface area contributed by atoms with E-state index in [1.54, 1.807) is 0 Å². The van der Waals surface area contributed by atoms with Gasteiger partial charge < -0.3 is 15.4 Å². The minimum absolute atomic E-state index is 0.0399. The van der Waals surface area contributed by atoms with E-state index in [9.17, 15) is 0 Å². The van der Waals surface area contributed by atoms with Gasteiger partial charge in [0, 0.05) is 29.6 Å². The quantitative estimate of drug-likeness (QED) is 0.469. The van der Waals surface area contributed by atoms with E-state index in [1.165, 1.54) is 0 Å². The molecular weight excluding hydrogens is 360 g/mol. The van der Waals surface area contributed by atoms with Crippen molar-refractivity contribution in [2.75, 3.05) is 11.9 Å². The predicted octanol–water partition coefficient (Wildman–Crippen LogP) is 5.32. The van der Waals surface area contributed by atoms with Crippen molar-refractivity contribution < 1.29 is 4.74 Å². The van der Waals surface area contributed by atoms with Crippen LogP contribution in [0.25, 0.3) is 28.5 Å². The summed E-state index contributed by atoms with van der Waals surface area (Å²) in [5, 5.41) is 7.13. The largest absolute Gasteiger partial charge is 0.438 e. The third-order valence-corrected chi connectivity index (χ3v) is 5.59. The molecule has 0 fully saturated rings. The maximum absolute atomic E-state index is 6.59. The average molecular weight is 380 g/mol. The van der Waals surface area contributed by atoms with Crippen molar-refractivity contribution >= 4 is 11.9 Å². The van der Waals surface area contributed by atoms with E-state index in [4.69, 9.17) is 4.74 Å². The van der Waals surface area contributed by atoms with Crippen molar-refractivity contribution in [1.82, 2.24) is 14.9 Å². The highest BCUT2D eigenvalue weighted by Crippen LogP contribution is 2.52. The van der Waals surface area contributed by atoms with Crippen LogP contribution in [-0.4, -0.2) is 16.1 Å². The number of aromatic nitrogens is 2. The Morgan fingerprint density at radius 1 is 1.14 bits per heavy atom. The third-order valence-electron chi connectivity index (χ3n) is 5.59. The van der Waals surface area contributed by atoms with Gasteiger partial charge in [-0.3, -0.25) is 9.55 Å². The second-order valence-electron chi connectivity index (χ2n) is 7.42. The first-order valence-electron chi connectivity index (χ1n) is 9.84. The second kappa shape index (κ2) is 6.14. The average Bonchev–Trinajstić information content (AvgIpc) is 2.99. The topological polar surface area (TPSA) is 51.1 Å². The number of nitrogens with one attached hydrogen (secondary N) is 2. The Kier molecular flexibility index (Phi) is 3.44. The Labute approximate surface area is 169 Å². The fourth-order valence-corrected chi connectivity index (χ4v) is 4.36. The van der Waals surface area contributed by atoms with E-state index in [0.717, 1.165) is 57.6 Å². The van der Waals surface area contributed by atoms with Crippen LogP contribution in [-0.2, 0) is 0 Å². The maximum atomic E-state index is 6.59. The Morgan fingerprint density at radius 2 is 2.03 bits per heavy atom. The van der Waals surface area contributed by atoms with E-state index < -0.39 is 0 Å². The minimum atomic E-state index is -0.0399. The summed E-state index contributed by atoms with van der Waals surface area (Å²) in [5.41, 5.74) is 6.46. The van der Waals surface area contributed by atoms with Gasteiger partial charge in [0.25, 0.3) is 0 Å². The summed E-state index contributed by atoms with van der Waals surface area (Å²) < 4.78 is 8.81. The molecule has 0 bridgehead atoms. The minimum Gasteiger partial charge on any atom is -0.438 e. The molecule has 1 atom stereocenters. The zero-order valence-electron chi connectivity index (χ0n) is 16.0. The van der Waals surface area contributed by atoms with Crippen molar-refractivity contribution in [3.05, 3.63) is 78.2 Å². The molecule has 29 heavy (non-hydrogen) atoms. The molecule has 0 spiro atoms. The first-order valence-corrected chi connectivity index (χ1v) is 9.84. The van der Waals surface area contributed by atoms with Crippen LogP contribution in [0.5, 0.6) is 11.6 Å². The molecule has 1 unspecified atom stereocenters. The number of ether oxygens (including phenoxy) is 1. The molecule has 2 N–H and O–H groups in total. The van der Waals surface area contributed by atoms with Crippen molar-refractivity contribution in [2.45, 2.75) is 13.1 Å². The summed E-state index contributed by atoms with van der Waals surface area (Å²) in [6.45, 7) is 2.87. The number of anilines is 1. The number of pyridine rings is 1. The molecule has 142 valence electrons. The first kappa shape index (κ1) is 16.2. The summed E-state index contributed by atoms with van der Waals surface area (Å²) in [7, 11) is 0. The van der Waals surface area contributed by atoms with Gasteiger partial charge in [0.1, 0.15) is 17.7 Å². The molecule has 0 aliphatic carbocycles. The Morgan fingerprint density at radius 3 is 2.93 bits per heavy atom. The lowest BCUT2D eigenvalue weighted by Crippen LogP contribution is -2.27. The van der Waals surface area contributed by atoms with Crippen LogP contribution in [0.3, 0.4) is 0 Å². The molecule has 5 heteroatoms. The van der Waals surface area contributed by atoms with Gasteiger partial charge in [0.05, 0.1) is 5.56 Å². The zero-order chi connectivity index (χ0) is 19.4. The molecule has 5 nitrogen and oxygen atoms in total. The number of hydrogen-bond acceptors (Lipinski definition) is 4. The summed E-state index contributed by atoms with van der Waals surface area (Å²) in [4.78, 5) is 4.64. The van der Waals surface area contributed by atoms with Crippen LogP contribution in [0.15, 0.2) is 72.6 Å². The predicted molar refractivity (Wildman–Crippen MR) is 116 cm³/mol. The smallest absolute Gasteiger partial charge is 0.212 e. The first-order chi connectivity index (χ1) is 14.3. The van der Waals surface area contributed by atoms with E-state index >= 15 is 0 Å². The summed E-state index contributed by atoms with van der Waals surface area (Å²) in [5.74, 6) is 2.66. The van der Waals surface area contributed by atoms with Crippen LogP contribution >= 0.6 is 0 Å². The molecule has 0 radical (unpaired) electrons. The molecule has 2 aromatic heterocycles. The van der Waals surface area contributed by atoms with Gasteiger partial charge in [0.2, 0.25) is 5.88 Å². The summed E-state index contributed by atoms with van der Waals surface area (Å²) in [6.07, 6.45) is 12.4. The van der Waals surface area contributed by atoms with Crippen LogP contribution in [0, 0.1) is 0 Å². The zero-order valence-corrected chi connectivity index (χ0v) is 16.0. The molecule has 0 saturated carbocycles. The SMILES string of the molecule is CC1=CC=CC(n2c3c(c4c2Oc2cccnc2-c2ccccc2-4)C=CCN3)N1. The molecular formula is C24H20N4O. The lowest BCUT2D eigenvalue weighted by atomic mass is 9.95. The van der Waals surface area contributed by atoms with Gasteiger partial charge >= 0.3 is 0 Å². The molecule has 0 amide bonds. The molecule has 1 aromatic carbocycles. The van der Waals surface area contributed by atoms with Crippen molar-refractivity contribution in [3.8, 4) is 34.0 Å². The fourth-order valence-electron chi connectivity index (χ4n) is 4.36. The van der Waals surface area contributed by atoms with E-state index in [2.05, 4.69) is 81.8 Å². The lowest BCUT2D eigenvalue weighted by molar-refractivity contribution is 0.403. The van der Waals surface area contributed by atoms with Crippen molar-refractivity contribution in [3.63, 3.8) is 0 Å². The number of allylic oxidation sites excluding steroid dienone is 3. The van der Waals surface area contributed by atoms with Gasteiger partial charge in [-0.05, 0) is 36.8 Å². The standard InChI is InChI=1S/C24H20N4O/c1-15-7-4-12-20(27-15)28-23-18(10-5-14-26-23)21-16-8-2-3-9-17(16)22-19(29-24(21)28)11-6-13-25-22/h2-13,20,26-27H,14H2,1H3. The number of hydrogen-bond donors (Lipinski definition) is 2. The lowest BCUT2D eigenvalue weighted by Gasteiger charge is -2.26. The highest BCUT2D eigenvalue weighted by Gasteiger charge is 2.33. The van der Waals surface area contributed by atoms with Crippen molar-refractivity contribution in [1.29, 1.82) is 0 Å². The highest BCUT2D eigenvalue weighted by atomic mass is 16.5. The molecule has 0 saturated heterocycles. The molecule has 3 aliphatic heterocycles. The normalized spacial score (nSPS) is 18.1. The molecule has 3 aliphatic rings. The number of fused-ring (bicyclic) bond motifs is 7. The van der Waals surface area contributed by atoms with E-state index in [-0.39, 0.29) is 6.17 Å². The van der Waals surface area contributed by atoms with Gasteiger partial charge in [0.15, 0.2) is 5.75 Å². The van der Waals surface area contributed by atoms with Crippen LogP contribution in [0.2, 0.25) is 0 Å². The van der Waals surface area contributed by atoms with Gasteiger partial charge in [-0.2, -0.15) is 0 Å². The van der Waals surface area contributed by atoms with Gasteiger partial charge in [-0.25, -0.2) is 0 Å². The van der Waals surface area contributed by atoms with Crippen LogP contribution in [0.1, 0.15) is 18.7 Å². The van der Waals surface area contributed by atoms with Crippen LogP contribution in [0.4, 0.5) is 5.82 Å². The molecule has 3 aromatic rings. The van der Waals surface area contributed by atoms with Gasteiger partial charge in [-0.1, -0.05) is 42.5 Å². The van der Waals surface area contributed by atoms with Crippen molar-refractivity contribution in [2.24, 2.45) is 0 Å². The Hall–Kier alpha value is -3.73. The van der Waals surface area contributed by atoms with E-state index in [0.29, 0.717) is 0 Å². The number of dihydropyridines is 1. The third kappa shape index (κ3) is 2.37. The van der Waals surface area contributed by atoms with Gasteiger partial charge in [-0.15, -0.1) is 0 Å². The van der Waals surface area contributed by atoms with Crippen LogP contribution < -0.4 is 15.4 Å². The fraction of sp³-hybridized carbons (Fsp3) is 0.125. The maximum Gasteiger partial charge on any atom is 0.212 e. The second-order valence-corrected chi connectivity index (χ2v) is 7.42. The molecule has 5 heterocycles. The van der Waals surface area contributed by atoms with E-state index in [1.807, 2.05) is 18.3 Å². The number of nitrogens with zero attached hydrogens (tertiary/aromatic N) is 2. The monoisotopic (exact) mass is 380 g/mol. The number of rotatable bonds is 1. The number of benzene rings is 1. The summed E-state index contributed by atoms with van der Waals surface area (Å²) in [6, 6.07) is 12.3. The Bertz CT molecular complexity index is 1230. The molecule has 6 rings (SSSR count). The highest BCUT2D eigenvalue weighted by molar-refractivity contribution is 5.96. The Balaban J connectivity index is 1.69. The summed E-state index contributed by atoms with van der Waals surface area (Å²) >= 11 is 0.